The summed E-state index contributed by atoms with van der Waals surface area (Å²) in [5, 5.41) is 1.50. The van der Waals surface area contributed by atoms with Gasteiger partial charge in [0.2, 0.25) is 0 Å². The second kappa shape index (κ2) is 6.59. The van der Waals surface area contributed by atoms with Crippen LogP contribution >= 0.6 is 0 Å². The minimum atomic E-state index is 0.602. The van der Waals surface area contributed by atoms with Crippen LogP contribution in [0.15, 0.2) is 36.4 Å². The van der Waals surface area contributed by atoms with E-state index >= 15 is 0 Å². The third kappa shape index (κ3) is 2.87. The molecule has 1 aliphatic heterocycles. The first kappa shape index (κ1) is 17.4. The van der Waals surface area contributed by atoms with Gasteiger partial charge in [-0.15, -0.1) is 0 Å². The van der Waals surface area contributed by atoms with Crippen LogP contribution in [-0.2, 0) is 25.9 Å². The first-order valence-corrected chi connectivity index (χ1v) is 9.81. The van der Waals surface area contributed by atoms with E-state index in [0.29, 0.717) is 6.04 Å². The van der Waals surface area contributed by atoms with Gasteiger partial charge in [0.1, 0.15) is 0 Å². The molecule has 3 aromatic rings. The van der Waals surface area contributed by atoms with E-state index < -0.39 is 0 Å². The van der Waals surface area contributed by atoms with E-state index in [1.165, 1.54) is 33.2 Å². The number of hydrogen-bond acceptors (Lipinski definition) is 1. The summed E-state index contributed by atoms with van der Waals surface area (Å²) in [6.45, 7) is 11.2. The van der Waals surface area contributed by atoms with Crippen LogP contribution in [0.1, 0.15) is 40.4 Å². The van der Waals surface area contributed by atoms with E-state index in [4.69, 9.17) is 0 Å². The lowest BCUT2D eigenvalue weighted by atomic mass is 9.97. The maximum atomic E-state index is 2.64. The largest absolute Gasteiger partial charge is 0.344 e. The van der Waals surface area contributed by atoms with Crippen LogP contribution in [0.5, 0.6) is 0 Å². The van der Waals surface area contributed by atoms with Gasteiger partial charge in [0.15, 0.2) is 0 Å². The predicted molar refractivity (Wildman–Crippen MR) is 111 cm³/mol. The highest BCUT2D eigenvalue weighted by molar-refractivity contribution is 5.91. The quantitative estimate of drug-likeness (QED) is 0.634. The van der Waals surface area contributed by atoms with Gasteiger partial charge in [-0.05, 0) is 63.4 Å². The van der Waals surface area contributed by atoms with Gasteiger partial charge in [-0.3, -0.25) is 4.90 Å². The Balaban J connectivity index is 1.81. The van der Waals surface area contributed by atoms with Crippen molar-refractivity contribution >= 4 is 10.9 Å². The Kier molecular flexibility index (Phi) is 4.40. The number of benzene rings is 2. The Morgan fingerprint density at radius 2 is 1.65 bits per heavy atom. The van der Waals surface area contributed by atoms with Crippen molar-refractivity contribution in [2.75, 3.05) is 7.05 Å². The molecule has 2 heteroatoms. The lowest BCUT2D eigenvalue weighted by Crippen LogP contribution is -2.35. The smallest absolute Gasteiger partial charge is 0.0518 e. The Morgan fingerprint density at radius 3 is 2.38 bits per heavy atom. The molecule has 1 aromatic heterocycles. The molecule has 0 bridgehead atoms. The third-order valence-corrected chi connectivity index (χ3v) is 6.23. The highest BCUT2D eigenvalue weighted by atomic mass is 15.1. The molecule has 0 amide bonds. The standard InChI is InChI=1S/C24H30N2/c1-16-6-10-20(11-7-16)12-13-26-22-14-19(4)25(5)15-21(22)23-17(2)8-9-18(3)24(23)26/h6-11,19H,12-15H2,1-5H3. The van der Waals surface area contributed by atoms with Crippen LogP contribution in [-0.4, -0.2) is 22.6 Å². The third-order valence-electron chi connectivity index (χ3n) is 6.23. The van der Waals surface area contributed by atoms with Crippen molar-refractivity contribution in [2.24, 2.45) is 0 Å². The number of fused-ring (bicyclic) bond motifs is 3. The van der Waals surface area contributed by atoms with Crippen molar-refractivity contribution in [2.45, 2.75) is 59.7 Å². The van der Waals surface area contributed by atoms with Crippen molar-refractivity contribution < 1.29 is 0 Å². The molecule has 0 spiro atoms. The van der Waals surface area contributed by atoms with Gasteiger partial charge < -0.3 is 4.57 Å². The number of likely N-dealkylation sites (N-methyl/N-ethyl adjacent to an activating group) is 1. The second-order valence-corrected chi connectivity index (χ2v) is 8.20. The number of hydrogen-bond donors (Lipinski definition) is 0. The van der Waals surface area contributed by atoms with E-state index in [1.54, 1.807) is 11.3 Å². The van der Waals surface area contributed by atoms with Crippen molar-refractivity contribution in [3.8, 4) is 0 Å². The van der Waals surface area contributed by atoms with E-state index in [2.05, 4.69) is 80.6 Å². The lowest BCUT2D eigenvalue weighted by Gasteiger charge is -2.31. The molecule has 2 heterocycles. The molecule has 0 saturated carbocycles. The number of aryl methyl sites for hydroxylation is 5. The molecule has 4 rings (SSSR count). The van der Waals surface area contributed by atoms with Crippen LogP contribution in [0.4, 0.5) is 0 Å². The van der Waals surface area contributed by atoms with E-state index in [0.717, 1.165) is 25.9 Å². The van der Waals surface area contributed by atoms with Crippen LogP contribution < -0.4 is 0 Å². The summed E-state index contributed by atoms with van der Waals surface area (Å²) < 4.78 is 2.64. The fourth-order valence-electron chi connectivity index (χ4n) is 4.45. The minimum absolute atomic E-state index is 0.602. The lowest BCUT2D eigenvalue weighted by molar-refractivity contribution is 0.228. The Bertz CT molecular complexity index is 947. The zero-order valence-electron chi connectivity index (χ0n) is 16.8. The summed E-state index contributed by atoms with van der Waals surface area (Å²) >= 11 is 0. The van der Waals surface area contributed by atoms with Crippen LogP contribution in [0.2, 0.25) is 0 Å². The molecular formula is C24H30N2. The van der Waals surface area contributed by atoms with Gasteiger partial charge in [0.05, 0.1) is 5.52 Å². The molecule has 1 atom stereocenters. The Labute approximate surface area is 157 Å². The van der Waals surface area contributed by atoms with Crippen molar-refractivity contribution in [3.63, 3.8) is 0 Å². The molecule has 0 radical (unpaired) electrons. The van der Waals surface area contributed by atoms with Crippen LogP contribution in [0, 0.1) is 20.8 Å². The second-order valence-electron chi connectivity index (χ2n) is 8.20. The summed E-state index contributed by atoms with van der Waals surface area (Å²) in [6.07, 6.45) is 2.24. The summed E-state index contributed by atoms with van der Waals surface area (Å²) in [5.74, 6) is 0. The molecule has 1 unspecified atom stereocenters. The SMILES string of the molecule is Cc1ccc(CCn2c3c(c4c(C)ccc(C)c42)CN(C)C(C)C3)cc1. The Hall–Kier alpha value is -2.06. The maximum Gasteiger partial charge on any atom is 0.0518 e. The summed E-state index contributed by atoms with van der Waals surface area (Å²) in [5.41, 5.74) is 10.2. The van der Waals surface area contributed by atoms with Gasteiger partial charge in [-0.2, -0.15) is 0 Å². The fraction of sp³-hybridized carbons (Fsp3) is 0.417. The molecule has 0 saturated heterocycles. The summed E-state index contributed by atoms with van der Waals surface area (Å²) in [4.78, 5) is 2.49. The van der Waals surface area contributed by atoms with Crippen molar-refractivity contribution in [1.82, 2.24) is 9.47 Å². The van der Waals surface area contributed by atoms with Gasteiger partial charge in [0.25, 0.3) is 0 Å². The van der Waals surface area contributed by atoms with Gasteiger partial charge in [-0.25, -0.2) is 0 Å². The number of rotatable bonds is 3. The molecule has 2 nitrogen and oxygen atoms in total. The minimum Gasteiger partial charge on any atom is -0.344 e. The summed E-state index contributed by atoms with van der Waals surface area (Å²) in [6, 6.07) is 14.2. The van der Waals surface area contributed by atoms with E-state index in [-0.39, 0.29) is 0 Å². The zero-order chi connectivity index (χ0) is 18.4. The van der Waals surface area contributed by atoms with Crippen LogP contribution in [0.3, 0.4) is 0 Å². The fourth-order valence-corrected chi connectivity index (χ4v) is 4.45. The van der Waals surface area contributed by atoms with E-state index in [1.807, 2.05) is 0 Å². The molecule has 26 heavy (non-hydrogen) atoms. The highest BCUT2D eigenvalue weighted by Crippen LogP contribution is 2.36. The average Bonchev–Trinajstić information content (AvgIpc) is 2.93. The number of nitrogens with zero attached hydrogens (tertiary/aromatic N) is 2. The first-order valence-electron chi connectivity index (χ1n) is 9.81. The monoisotopic (exact) mass is 346 g/mol. The Morgan fingerprint density at radius 1 is 0.962 bits per heavy atom. The van der Waals surface area contributed by atoms with Crippen molar-refractivity contribution in [1.29, 1.82) is 0 Å². The summed E-state index contributed by atoms with van der Waals surface area (Å²) in [7, 11) is 2.26. The molecule has 0 N–H and O–H groups in total. The zero-order valence-corrected chi connectivity index (χ0v) is 16.8. The van der Waals surface area contributed by atoms with Gasteiger partial charge >= 0.3 is 0 Å². The molecule has 0 fully saturated rings. The van der Waals surface area contributed by atoms with E-state index in [9.17, 15) is 0 Å². The average molecular weight is 347 g/mol. The normalized spacial score (nSPS) is 17.7. The molecule has 136 valence electrons. The van der Waals surface area contributed by atoms with Crippen molar-refractivity contribution in [3.05, 3.63) is 69.9 Å². The predicted octanol–water partition coefficient (Wildman–Crippen LogP) is 5.19. The number of aromatic nitrogens is 1. The van der Waals surface area contributed by atoms with Gasteiger partial charge in [0, 0.05) is 36.6 Å². The highest BCUT2D eigenvalue weighted by Gasteiger charge is 2.27. The maximum absolute atomic E-state index is 2.64. The topological polar surface area (TPSA) is 8.17 Å². The molecule has 1 aliphatic rings. The molecule has 2 aromatic carbocycles. The van der Waals surface area contributed by atoms with Gasteiger partial charge in [-0.1, -0.05) is 42.0 Å². The molecular weight excluding hydrogens is 316 g/mol. The first-order chi connectivity index (χ1) is 12.5. The van der Waals surface area contributed by atoms with Crippen LogP contribution in [0.25, 0.3) is 10.9 Å². The molecule has 0 aliphatic carbocycles.